The van der Waals surface area contributed by atoms with Gasteiger partial charge in [-0.15, -0.1) is 11.3 Å². The van der Waals surface area contributed by atoms with Crippen molar-refractivity contribution in [1.29, 1.82) is 0 Å². The fourth-order valence-corrected chi connectivity index (χ4v) is 4.06. The minimum atomic E-state index is -4.29. The number of hydrogen-bond acceptors (Lipinski definition) is 5. The zero-order chi connectivity index (χ0) is 17.6. The first kappa shape index (κ1) is 16.7. The number of rotatable bonds is 6. The summed E-state index contributed by atoms with van der Waals surface area (Å²) in [6.07, 6.45) is 2.20. The van der Waals surface area contributed by atoms with Crippen LogP contribution in [-0.2, 0) is 11.0 Å². The van der Waals surface area contributed by atoms with Gasteiger partial charge < -0.3 is 19.8 Å². The molecule has 132 valence electrons. The maximum Gasteiger partial charge on any atom is 0.362 e. The number of carbonyl (C=O) groups is 1. The number of benzene rings is 1. The number of carbonyl (C=O) groups excluding carboxylic acids is 1. The highest BCUT2D eigenvalue weighted by Gasteiger charge is 2.31. The van der Waals surface area contributed by atoms with E-state index in [1.54, 1.807) is 17.6 Å². The fraction of sp³-hybridized carbons (Fsp3) is 0.375. The Morgan fingerprint density at radius 2 is 2.20 bits per heavy atom. The Balaban J connectivity index is 1.67. The van der Waals surface area contributed by atoms with E-state index in [0.717, 1.165) is 29.0 Å². The molecular formula is C16H17N2O5PS. The van der Waals surface area contributed by atoms with Crippen molar-refractivity contribution in [2.45, 2.75) is 19.3 Å². The third-order valence-corrected chi connectivity index (χ3v) is 5.67. The number of nitrogens with one attached hydrogen (secondary N) is 1. The van der Waals surface area contributed by atoms with Gasteiger partial charge in [0.25, 0.3) is 5.91 Å². The van der Waals surface area contributed by atoms with Gasteiger partial charge in [-0.2, -0.15) is 0 Å². The highest BCUT2D eigenvalue weighted by Crippen LogP contribution is 2.46. The molecule has 0 unspecified atom stereocenters. The van der Waals surface area contributed by atoms with E-state index in [4.69, 9.17) is 14.5 Å². The molecule has 4 rings (SSSR count). The number of thiazole rings is 1. The fourth-order valence-electron chi connectivity index (χ4n) is 2.97. The average molecular weight is 380 g/mol. The molecule has 2 aliphatic rings. The van der Waals surface area contributed by atoms with Crippen molar-refractivity contribution in [2.75, 3.05) is 12.9 Å². The van der Waals surface area contributed by atoms with Crippen molar-refractivity contribution in [3.63, 3.8) is 0 Å². The quantitative estimate of drug-likeness (QED) is 0.567. The highest BCUT2D eigenvalue weighted by molar-refractivity contribution is 7.51. The van der Waals surface area contributed by atoms with Crippen LogP contribution in [0.5, 0.6) is 5.75 Å². The number of aromatic nitrogens is 1. The summed E-state index contributed by atoms with van der Waals surface area (Å²) in [5.74, 6) is 0.813. The smallest absolute Gasteiger partial charge is 0.362 e. The summed E-state index contributed by atoms with van der Waals surface area (Å²) < 4.78 is 16.5. The summed E-state index contributed by atoms with van der Waals surface area (Å²) in [4.78, 5) is 36.0. The van der Waals surface area contributed by atoms with E-state index in [0.29, 0.717) is 35.8 Å². The molecule has 0 aliphatic heterocycles. The summed E-state index contributed by atoms with van der Waals surface area (Å²) in [6, 6.07) is 3.25. The standard InChI is InChI=1S/C16H17N2O5PS/c19-16(17-6-9-1-2-9)10-3-4-12(23-8-24(20,21)22)14-11(10)5-13-15(14)18-7-25-13/h3-4,7,9H,1-2,5-6,8H2,(H,17,19)(H2,20,21,22). The van der Waals surface area contributed by atoms with E-state index >= 15 is 0 Å². The monoisotopic (exact) mass is 380 g/mol. The summed E-state index contributed by atoms with van der Waals surface area (Å²) in [7, 11) is -4.29. The predicted molar refractivity (Wildman–Crippen MR) is 93.0 cm³/mol. The van der Waals surface area contributed by atoms with E-state index < -0.39 is 13.9 Å². The van der Waals surface area contributed by atoms with Gasteiger partial charge in [0.1, 0.15) is 5.75 Å². The molecule has 1 fully saturated rings. The first-order valence-electron chi connectivity index (χ1n) is 7.96. The van der Waals surface area contributed by atoms with Crippen molar-refractivity contribution in [3.8, 4) is 17.0 Å². The molecule has 0 radical (unpaired) electrons. The summed E-state index contributed by atoms with van der Waals surface area (Å²) in [6.45, 7) is 0.685. The molecule has 1 aromatic carbocycles. The molecule has 0 spiro atoms. The maximum atomic E-state index is 12.5. The minimum absolute atomic E-state index is 0.125. The molecule has 7 nitrogen and oxygen atoms in total. The SMILES string of the molecule is O=C(NCC1CC1)c1ccc(OCP(=O)(O)O)c2c1Cc1scnc1-2. The molecule has 1 amide bonds. The molecule has 0 atom stereocenters. The van der Waals surface area contributed by atoms with Gasteiger partial charge >= 0.3 is 7.60 Å². The van der Waals surface area contributed by atoms with Crippen LogP contribution in [0.15, 0.2) is 17.6 Å². The van der Waals surface area contributed by atoms with Gasteiger partial charge in [0.15, 0.2) is 6.35 Å². The predicted octanol–water partition coefficient (Wildman–Crippen LogP) is 2.37. The largest absolute Gasteiger partial charge is 0.480 e. The molecule has 3 N–H and O–H groups in total. The van der Waals surface area contributed by atoms with Crippen LogP contribution in [0.1, 0.15) is 33.6 Å². The lowest BCUT2D eigenvalue weighted by Gasteiger charge is -2.14. The first-order valence-corrected chi connectivity index (χ1v) is 10.6. The molecule has 9 heteroatoms. The topological polar surface area (TPSA) is 109 Å². The summed E-state index contributed by atoms with van der Waals surface area (Å²) in [5, 5.41) is 2.96. The molecule has 1 aromatic heterocycles. The first-order chi connectivity index (χ1) is 11.9. The Labute approximate surface area is 148 Å². The Bertz CT molecular complexity index is 887. The van der Waals surface area contributed by atoms with Gasteiger partial charge in [-0.1, -0.05) is 0 Å². The van der Waals surface area contributed by atoms with Gasteiger partial charge in [-0.3, -0.25) is 9.36 Å². The van der Waals surface area contributed by atoms with Gasteiger partial charge in [0, 0.05) is 29.0 Å². The normalized spacial score (nSPS) is 15.6. The van der Waals surface area contributed by atoms with Crippen molar-refractivity contribution in [1.82, 2.24) is 10.3 Å². The van der Waals surface area contributed by atoms with Gasteiger partial charge in [-0.25, -0.2) is 4.98 Å². The molecule has 25 heavy (non-hydrogen) atoms. The van der Waals surface area contributed by atoms with Crippen LogP contribution in [0.2, 0.25) is 0 Å². The third-order valence-electron chi connectivity index (χ3n) is 4.37. The van der Waals surface area contributed by atoms with Crippen molar-refractivity contribution in [2.24, 2.45) is 5.92 Å². The lowest BCUT2D eigenvalue weighted by Crippen LogP contribution is -2.26. The van der Waals surface area contributed by atoms with Crippen molar-refractivity contribution < 1.29 is 23.9 Å². The Kier molecular flexibility index (Phi) is 4.16. The average Bonchev–Trinajstić information content (AvgIpc) is 3.15. The molecule has 1 saturated carbocycles. The van der Waals surface area contributed by atoms with Crippen LogP contribution in [-0.4, -0.2) is 33.6 Å². The van der Waals surface area contributed by atoms with E-state index in [1.165, 1.54) is 11.3 Å². The summed E-state index contributed by atoms with van der Waals surface area (Å²) >= 11 is 1.50. The van der Waals surface area contributed by atoms with E-state index in [-0.39, 0.29) is 5.91 Å². The van der Waals surface area contributed by atoms with Crippen LogP contribution < -0.4 is 10.1 Å². The number of fused-ring (bicyclic) bond motifs is 3. The van der Waals surface area contributed by atoms with Crippen LogP contribution in [0, 0.1) is 5.92 Å². The van der Waals surface area contributed by atoms with Gasteiger partial charge in [0.2, 0.25) is 0 Å². The van der Waals surface area contributed by atoms with Crippen LogP contribution in [0.25, 0.3) is 11.3 Å². The number of ether oxygens (including phenoxy) is 1. The molecular weight excluding hydrogens is 363 g/mol. The second-order valence-electron chi connectivity index (χ2n) is 6.36. The number of nitrogens with zero attached hydrogens (tertiary/aromatic N) is 1. The van der Waals surface area contributed by atoms with Gasteiger partial charge in [0.05, 0.1) is 11.2 Å². The Hall–Kier alpha value is -1.73. The molecule has 2 aliphatic carbocycles. The highest BCUT2D eigenvalue weighted by atomic mass is 32.1. The number of hydrogen-bond donors (Lipinski definition) is 3. The van der Waals surface area contributed by atoms with Crippen LogP contribution >= 0.6 is 18.9 Å². The zero-order valence-corrected chi connectivity index (χ0v) is 15.0. The molecule has 2 aromatic rings. The molecule has 0 bridgehead atoms. The van der Waals surface area contributed by atoms with Crippen molar-refractivity contribution in [3.05, 3.63) is 33.6 Å². The second-order valence-corrected chi connectivity index (χ2v) is 8.88. The van der Waals surface area contributed by atoms with E-state index in [9.17, 15) is 9.36 Å². The Morgan fingerprint density at radius 3 is 2.92 bits per heavy atom. The molecule has 0 saturated heterocycles. The van der Waals surface area contributed by atoms with Crippen LogP contribution in [0.3, 0.4) is 0 Å². The second kappa shape index (κ2) is 6.21. The van der Waals surface area contributed by atoms with Gasteiger partial charge in [-0.05, 0) is 36.5 Å². The van der Waals surface area contributed by atoms with E-state index in [2.05, 4.69) is 10.3 Å². The summed E-state index contributed by atoms with van der Waals surface area (Å²) in [5.41, 5.74) is 4.51. The minimum Gasteiger partial charge on any atom is -0.480 e. The lowest BCUT2D eigenvalue weighted by atomic mass is 10.0. The zero-order valence-electron chi connectivity index (χ0n) is 13.3. The van der Waals surface area contributed by atoms with Crippen molar-refractivity contribution >= 4 is 24.8 Å². The lowest BCUT2D eigenvalue weighted by molar-refractivity contribution is 0.0951. The molecule has 1 heterocycles. The third kappa shape index (κ3) is 3.48. The maximum absolute atomic E-state index is 12.5. The van der Waals surface area contributed by atoms with Crippen LogP contribution in [0.4, 0.5) is 0 Å². The number of amides is 1. The Morgan fingerprint density at radius 1 is 1.40 bits per heavy atom. The van der Waals surface area contributed by atoms with E-state index in [1.807, 2.05) is 0 Å².